The lowest BCUT2D eigenvalue weighted by Gasteiger charge is -2.33. The van der Waals surface area contributed by atoms with Crippen LogP contribution in [0.5, 0.6) is 5.75 Å². The third-order valence-corrected chi connectivity index (χ3v) is 5.36. The molecule has 6 heteroatoms. The lowest BCUT2D eigenvalue weighted by molar-refractivity contribution is -0.131. The standard InChI is InChI=1S/C21H20N2O4/c1-27-16-10-8-15(9-11-16)18(24)13-23-19(25)21(22-20(23)26)12-4-6-14-5-2-3-7-17(14)21/h2-3,5,7-11H,4,6,12-13H2,1H3,(H,22,26)/t21-/m0/s1. The second kappa shape index (κ2) is 6.54. The number of benzene rings is 2. The summed E-state index contributed by atoms with van der Waals surface area (Å²) in [6.07, 6.45) is 2.23. The molecule has 0 aromatic heterocycles. The number of urea groups is 1. The van der Waals surface area contributed by atoms with Crippen molar-refractivity contribution < 1.29 is 19.1 Å². The van der Waals surface area contributed by atoms with E-state index in [1.165, 1.54) is 0 Å². The molecule has 4 rings (SSSR count). The summed E-state index contributed by atoms with van der Waals surface area (Å²) in [6, 6.07) is 13.8. The molecule has 0 radical (unpaired) electrons. The number of carbonyl (C=O) groups is 3. The van der Waals surface area contributed by atoms with Gasteiger partial charge in [0.15, 0.2) is 5.78 Å². The van der Waals surface area contributed by atoms with Gasteiger partial charge in [-0.3, -0.25) is 14.5 Å². The highest BCUT2D eigenvalue weighted by atomic mass is 16.5. The molecule has 0 saturated carbocycles. The molecule has 1 saturated heterocycles. The fourth-order valence-corrected chi connectivity index (χ4v) is 3.97. The van der Waals surface area contributed by atoms with Crippen molar-refractivity contribution in [3.8, 4) is 5.75 Å². The molecule has 2 aliphatic rings. The highest BCUT2D eigenvalue weighted by molar-refractivity contribution is 6.11. The summed E-state index contributed by atoms with van der Waals surface area (Å²) < 4.78 is 5.08. The first-order chi connectivity index (χ1) is 13.0. The van der Waals surface area contributed by atoms with Crippen LogP contribution in [-0.4, -0.2) is 36.3 Å². The molecule has 3 amide bonds. The molecule has 1 aliphatic heterocycles. The Morgan fingerprint density at radius 1 is 1.15 bits per heavy atom. The number of ether oxygens (including phenoxy) is 1. The van der Waals surface area contributed by atoms with Gasteiger partial charge in [0.2, 0.25) is 0 Å². The van der Waals surface area contributed by atoms with Crippen molar-refractivity contribution >= 4 is 17.7 Å². The molecule has 1 atom stereocenters. The second-order valence-electron chi connectivity index (χ2n) is 6.89. The zero-order valence-corrected chi connectivity index (χ0v) is 15.0. The Morgan fingerprint density at radius 3 is 2.63 bits per heavy atom. The largest absolute Gasteiger partial charge is 0.497 e. The van der Waals surface area contributed by atoms with E-state index in [2.05, 4.69) is 5.32 Å². The molecule has 6 nitrogen and oxygen atoms in total. The highest BCUT2D eigenvalue weighted by Crippen LogP contribution is 2.39. The van der Waals surface area contributed by atoms with Gasteiger partial charge >= 0.3 is 6.03 Å². The number of hydrogen-bond donors (Lipinski definition) is 1. The zero-order valence-electron chi connectivity index (χ0n) is 15.0. The van der Waals surface area contributed by atoms with Gasteiger partial charge in [-0.15, -0.1) is 0 Å². The highest BCUT2D eigenvalue weighted by Gasteiger charge is 2.54. The molecular weight excluding hydrogens is 344 g/mol. The van der Waals surface area contributed by atoms with E-state index in [0.717, 1.165) is 28.9 Å². The van der Waals surface area contributed by atoms with Crippen LogP contribution in [0, 0.1) is 0 Å². The van der Waals surface area contributed by atoms with Crippen LogP contribution in [0.3, 0.4) is 0 Å². The van der Waals surface area contributed by atoms with Crippen LogP contribution >= 0.6 is 0 Å². The Bertz CT molecular complexity index is 922. The lowest BCUT2D eigenvalue weighted by Crippen LogP contribution is -2.46. The normalized spacial score (nSPS) is 21.1. The minimum atomic E-state index is -1.05. The number of nitrogens with zero attached hydrogens (tertiary/aromatic N) is 1. The minimum Gasteiger partial charge on any atom is -0.497 e. The van der Waals surface area contributed by atoms with Gasteiger partial charge in [-0.25, -0.2) is 4.79 Å². The average Bonchev–Trinajstić information content (AvgIpc) is 2.93. The van der Waals surface area contributed by atoms with Crippen LogP contribution in [-0.2, 0) is 16.8 Å². The lowest BCUT2D eigenvalue weighted by atomic mass is 9.76. The quantitative estimate of drug-likeness (QED) is 0.668. The van der Waals surface area contributed by atoms with Gasteiger partial charge in [0.25, 0.3) is 5.91 Å². The smallest absolute Gasteiger partial charge is 0.325 e. The molecule has 2 aromatic carbocycles. The molecule has 1 fully saturated rings. The minimum absolute atomic E-state index is 0.277. The summed E-state index contributed by atoms with van der Waals surface area (Å²) in [4.78, 5) is 39.4. The van der Waals surface area contributed by atoms with E-state index in [1.807, 2.05) is 24.3 Å². The number of Topliss-reactive ketones (excluding diaryl/α,β-unsaturated/α-hetero) is 1. The first-order valence-corrected chi connectivity index (χ1v) is 8.95. The number of amides is 3. The Hall–Kier alpha value is -3.15. The first-order valence-electron chi connectivity index (χ1n) is 8.95. The number of imide groups is 1. The summed E-state index contributed by atoms with van der Waals surface area (Å²) in [7, 11) is 1.55. The number of hydrogen-bond acceptors (Lipinski definition) is 4. The van der Waals surface area contributed by atoms with E-state index in [1.54, 1.807) is 31.4 Å². The summed E-state index contributed by atoms with van der Waals surface area (Å²) in [5, 5.41) is 2.87. The van der Waals surface area contributed by atoms with Gasteiger partial charge < -0.3 is 10.1 Å². The topological polar surface area (TPSA) is 75.7 Å². The van der Waals surface area contributed by atoms with Crippen molar-refractivity contribution in [2.75, 3.05) is 13.7 Å². The third-order valence-electron chi connectivity index (χ3n) is 5.36. The van der Waals surface area contributed by atoms with Crippen LogP contribution in [0.25, 0.3) is 0 Å². The van der Waals surface area contributed by atoms with Crippen LogP contribution in [0.15, 0.2) is 48.5 Å². The van der Waals surface area contributed by atoms with Crippen LogP contribution in [0.4, 0.5) is 4.79 Å². The van der Waals surface area contributed by atoms with E-state index < -0.39 is 11.6 Å². The van der Waals surface area contributed by atoms with Crippen molar-refractivity contribution in [2.24, 2.45) is 0 Å². The maximum atomic E-state index is 13.2. The average molecular weight is 364 g/mol. The predicted molar refractivity (Wildman–Crippen MR) is 98.6 cm³/mol. The second-order valence-corrected chi connectivity index (χ2v) is 6.89. The Balaban J connectivity index is 1.60. The number of nitrogens with one attached hydrogen (secondary N) is 1. The molecule has 138 valence electrons. The van der Waals surface area contributed by atoms with Gasteiger partial charge in [0.1, 0.15) is 11.3 Å². The van der Waals surface area contributed by atoms with E-state index in [-0.39, 0.29) is 18.2 Å². The van der Waals surface area contributed by atoms with Gasteiger partial charge in [-0.2, -0.15) is 0 Å². The number of fused-ring (bicyclic) bond motifs is 2. The molecule has 27 heavy (non-hydrogen) atoms. The maximum Gasteiger partial charge on any atom is 0.325 e. The van der Waals surface area contributed by atoms with Gasteiger partial charge in [0.05, 0.1) is 13.7 Å². The Kier molecular flexibility index (Phi) is 4.18. The van der Waals surface area contributed by atoms with Gasteiger partial charge in [-0.05, 0) is 54.7 Å². The fraction of sp³-hybridized carbons (Fsp3) is 0.286. The summed E-state index contributed by atoms with van der Waals surface area (Å²) >= 11 is 0. The van der Waals surface area contributed by atoms with Gasteiger partial charge in [0, 0.05) is 5.56 Å². The van der Waals surface area contributed by atoms with Gasteiger partial charge in [-0.1, -0.05) is 24.3 Å². The van der Waals surface area contributed by atoms with Crippen LogP contribution in [0.2, 0.25) is 0 Å². The van der Waals surface area contributed by atoms with E-state index in [4.69, 9.17) is 4.74 Å². The predicted octanol–water partition coefficient (Wildman–Crippen LogP) is 2.66. The molecule has 0 unspecified atom stereocenters. The van der Waals surface area contributed by atoms with Crippen molar-refractivity contribution in [2.45, 2.75) is 24.8 Å². The SMILES string of the molecule is COc1ccc(C(=O)CN2C(=O)N[C@]3(CCCc4ccccc43)C2=O)cc1. The third kappa shape index (κ3) is 2.77. The van der Waals surface area contributed by atoms with Crippen molar-refractivity contribution in [1.82, 2.24) is 10.2 Å². The van der Waals surface area contributed by atoms with Crippen molar-refractivity contribution in [1.29, 1.82) is 0 Å². The van der Waals surface area contributed by atoms with E-state index in [9.17, 15) is 14.4 Å². The van der Waals surface area contributed by atoms with Crippen LogP contribution < -0.4 is 10.1 Å². The number of rotatable bonds is 4. The molecule has 2 aromatic rings. The number of methoxy groups -OCH3 is 1. The number of aryl methyl sites for hydroxylation is 1. The fourth-order valence-electron chi connectivity index (χ4n) is 3.97. The molecule has 1 heterocycles. The Morgan fingerprint density at radius 2 is 1.89 bits per heavy atom. The van der Waals surface area contributed by atoms with Crippen molar-refractivity contribution in [3.63, 3.8) is 0 Å². The monoisotopic (exact) mass is 364 g/mol. The Labute approximate surface area is 157 Å². The van der Waals surface area contributed by atoms with Crippen LogP contribution in [0.1, 0.15) is 34.3 Å². The molecule has 0 bridgehead atoms. The molecule has 1 N–H and O–H groups in total. The summed E-state index contributed by atoms with van der Waals surface area (Å²) in [5.41, 5.74) is 1.29. The molecular formula is C21H20N2O4. The summed E-state index contributed by atoms with van der Waals surface area (Å²) in [6.45, 7) is -0.277. The molecule has 1 spiro atoms. The maximum absolute atomic E-state index is 13.2. The number of carbonyl (C=O) groups excluding carboxylic acids is 3. The molecule has 1 aliphatic carbocycles. The first kappa shape index (κ1) is 17.3. The van der Waals surface area contributed by atoms with Crippen molar-refractivity contribution in [3.05, 3.63) is 65.2 Å². The number of ketones is 1. The zero-order chi connectivity index (χ0) is 19.0. The summed E-state index contributed by atoms with van der Waals surface area (Å²) in [5.74, 6) is 0.00289. The van der Waals surface area contributed by atoms with E-state index >= 15 is 0 Å². The van der Waals surface area contributed by atoms with E-state index in [0.29, 0.717) is 17.7 Å².